The second-order valence-corrected chi connectivity index (χ2v) is 6.53. The Morgan fingerprint density at radius 3 is 2.72 bits per heavy atom. The molecule has 98 valence electrons. The van der Waals surface area contributed by atoms with Gasteiger partial charge in [0.25, 0.3) is 5.91 Å². The SMILES string of the molecule is CC(C)C1(CNC(=O)c2cccc(Br)c2Cl)CC1. The van der Waals surface area contributed by atoms with E-state index in [0.717, 1.165) is 11.0 Å². The van der Waals surface area contributed by atoms with Crippen molar-refractivity contribution in [2.24, 2.45) is 11.3 Å². The number of rotatable bonds is 4. The second-order valence-electron chi connectivity index (χ2n) is 5.30. The minimum absolute atomic E-state index is 0.0896. The Balaban J connectivity index is 2.03. The van der Waals surface area contributed by atoms with Crippen molar-refractivity contribution >= 4 is 33.4 Å². The minimum atomic E-state index is -0.0896. The number of hydrogen-bond acceptors (Lipinski definition) is 1. The lowest BCUT2D eigenvalue weighted by molar-refractivity contribution is 0.0940. The fourth-order valence-corrected chi connectivity index (χ4v) is 2.73. The Labute approximate surface area is 121 Å². The standard InChI is InChI=1S/C14H17BrClNO/c1-9(2)14(6-7-14)8-17-13(18)10-4-3-5-11(15)12(10)16/h3-5,9H,6-8H2,1-2H3,(H,17,18). The van der Waals surface area contributed by atoms with Gasteiger partial charge in [-0.05, 0) is 52.2 Å². The molecule has 2 rings (SSSR count). The first kappa shape index (κ1) is 13.9. The molecule has 0 radical (unpaired) electrons. The first-order valence-corrected chi connectivity index (χ1v) is 7.35. The number of halogens is 2. The molecule has 1 aromatic carbocycles. The van der Waals surface area contributed by atoms with E-state index in [1.165, 1.54) is 12.8 Å². The molecule has 0 aliphatic heterocycles. The van der Waals surface area contributed by atoms with Crippen molar-refractivity contribution in [2.45, 2.75) is 26.7 Å². The van der Waals surface area contributed by atoms with Gasteiger partial charge in [0.05, 0.1) is 10.6 Å². The highest BCUT2D eigenvalue weighted by Gasteiger charge is 2.45. The van der Waals surface area contributed by atoms with Crippen molar-refractivity contribution in [3.05, 3.63) is 33.3 Å². The van der Waals surface area contributed by atoms with E-state index in [1.807, 2.05) is 12.1 Å². The van der Waals surface area contributed by atoms with Crippen LogP contribution in [0.25, 0.3) is 0 Å². The molecule has 0 bridgehead atoms. The summed E-state index contributed by atoms with van der Waals surface area (Å²) in [5.74, 6) is 0.518. The Morgan fingerprint density at radius 1 is 1.50 bits per heavy atom. The normalized spacial score (nSPS) is 16.7. The molecule has 0 atom stereocenters. The number of hydrogen-bond donors (Lipinski definition) is 1. The lowest BCUT2D eigenvalue weighted by Crippen LogP contribution is -2.32. The number of carbonyl (C=O) groups is 1. The van der Waals surface area contributed by atoms with Crippen LogP contribution in [0.5, 0.6) is 0 Å². The van der Waals surface area contributed by atoms with Crippen LogP contribution in [0.1, 0.15) is 37.0 Å². The quantitative estimate of drug-likeness (QED) is 0.877. The number of amides is 1. The van der Waals surface area contributed by atoms with E-state index in [9.17, 15) is 4.79 Å². The van der Waals surface area contributed by atoms with Crippen molar-refractivity contribution < 1.29 is 4.79 Å². The molecule has 1 aliphatic carbocycles. The van der Waals surface area contributed by atoms with Crippen LogP contribution in [0.2, 0.25) is 5.02 Å². The van der Waals surface area contributed by atoms with Gasteiger partial charge in [-0.15, -0.1) is 0 Å². The maximum atomic E-state index is 12.1. The van der Waals surface area contributed by atoms with Crippen LogP contribution in [0, 0.1) is 11.3 Å². The van der Waals surface area contributed by atoms with Crippen molar-refractivity contribution in [2.75, 3.05) is 6.54 Å². The van der Waals surface area contributed by atoms with Gasteiger partial charge in [0.15, 0.2) is 0 Å². The molecule has 0 heterocycles. The number of nitrogens with one attached hydrogen (secondary N) is 1. The van der Waals surface area contributed by atoms with Crippen LogP contribution >= 0.6 is 27.5 Å². The first-order valence-electron chi connectivity index (χ1n) is 6.18. The van der Waals surface area contributed by atoms with E-state index in [4.69, 9.17) is 11.6 Å². The van der Waals surface area contributed by atoms with E-state index in [-0.39, 0.29) is 5.91 Å². The third-order valence-corrected chi connectivity index (χ3v) is 5.21. The van der Waals surface area contributed by atoms with E-state index < -0.39 is 0 Å². The molecule has 18 heavy (non-hydrogen) atoms. The molecule has 2 nitrogen and oxygen atoms in total. The first-order chi connectivity index (χ1) is 8.46. The fraction of sp³-hybridized carbons (Fsp3) is 0.500. The average molecular weight is 331 g/mol. The van der Waals surface area contributed by atoms with Gasteiger partial charge < -0.3 is 5.32 Å². The summed E-state index contributed by atoms with van der Waals surface area (Å²) in [6.07, 6.45) is 2.41. The summed E-state index contributed by atoms with van der Waals surface area (Å²) in [6.45, 7) is 5.17. The topological polar surface area (TPSA) is 29.1 Å². The van der Waals surface area contributed by atoms with E-state index in [0.29, 0.717) is 21.9 Å². The zero-order valence-electron chi connectivity index (χ0n) is 10.6. The summed E-state index contributed by atoms with van der Waals surface area (Å²) in [4.78, 5) is 12.1. The predicted molar refractivity (Wildman–Crippen MR) is 78.0 cm³/mol. The molecule has 0 unspecified atom stereocenters. The monoisotopic (exact) mass is 329 g/mol. The largest absolute Gasteiger partial charge is 0.351 e. The van der Waals surface area contributed by atoms with E-state index >= 15 is 0 Å². The summed E-state index contributed by atoms with van der Waals surface area (Å²) in [7, 11) is 0. The van der Waals surface area contributed by atoms with Crippen LogP contribution in [0.15, 0.2) is 22.7 Å². The summed E-state index contributed by atoms with van der Waals surface area (Å²) < 4.78 is 0.752. The Morgan fingerprint density at radius 2 is 2.17 bits per heavy atom. The fourth-order valence-electron chi connectivity index (χ4n) is 2.15. The van der Waals surface area contributed by atoms with Crippen molar-refractivity contribution in [1.29, 1.82) is 0 Å². The highest BCUT2D eigenvalue weighted by Crippen LogP contribution is 2.51. The van der Waals surface area contributed by atoms with Crippen LogP contribution in [-0.4, -0.2) is 12.5 Å². The van der Waals surface area contributed by atoms with Gasteiger partial charge in [0.1, 0.15) is 0 Å². The maximum Gasteiger partial charge on any atom is 0.252 e. The third-order valence-electron chi connectivity index (χ3n) is 3.91. The van der Waals surface area contributed by atoms with E-state index in [2.05, 4.69) is 35.1 Å². The molecule has 0 spiro atoms. The van der Waals surface area contributed by atoms with Gasteiger partial charge in [-0.25, -0.2) is 0 Å². The number of carbonyl (C=O) groups excluding carboxylic acids is 1. The summed E-state index contributed by atoms with van der Waals surface area (Å²) >= 11 is 9.44. The molecular formula is C14H17BrClNO. The molecule has 1 aromatic rings. The Bertz CT molecular complexity index is 469. The summed E-state index contributed by atoms with van der Waals surface area (Å²) in [5, 5.41) is 3.48. The van der Waals surface area contributed by atoms with Gasteiger partial charge in [-0.2, -0.15) is 0 Å². The van der Waals surface area contributed by atoms with Crippen molar-refractivity contribution in [1.82, 2.24) is 5.32 Å². The molecule has 1 amide bonds. The lowest BCUT2D eigenvalue weighted by atomic mass is 9.92. The zero-order chi connectivity index (χ0) is 13.3. The summed E-state index contributed by atoms with van der Waals surface area (Å²) in [6, 6.07) is 5.40. The lowest BCUT2D eigenvalue weighted by Gasteiger charge is -2.20. The Hall–Kier alpha value is -0.540. The van der Waals surface area contributed by atoms with Gasteiger partial charge >= 0.3 is 0 Å². The average Bonchev–Trinajstić information content (AvgIpc) is 3.11. The van der Waals surface area contributed by atoms with Gasteiger partial charge in [0.2, 0.25) is 0 Å². The van der Waals surface area contributed by atoms with Gasteiger partial charge in [-0.1, -0.05) is 31.5 Å². The van der Waals surface area contributed by atoms with Gasteiger partial charge in [0, 0.05) is 11.0 Å². The predicted octanol–water partition coefficient (Wildman–Crippen LogP) is 4.27. The second kappa shape index (κ2) is 5.22. The molecule has 1 N–H and O–H groups in total. The van der Waals surface area contributed by atoms with Crippen LogP contribution < -0.4 is 5.32 Å². The molecule has 1 fully saturated rings. The Kier molecular flexibility index (Phi) is 4.02. The third kappa shape index (κ3) is 2.72. The molecule has 1 saturated carbocycles. The number of benzene rings is 1. The molecular weight excluding hydrogens is 314 g/mol. The van der Waals surface area contributed by atoms with Crippen molar-refractivity contribution in [3.8, 4) is 0 Å². The molecule has 4 heteroatoms. The highest BCUT2D eigenvalue weighted by molar-refractivity contribution is 9.10. The van der Waals surface area contributed by atoms with Gasteiger partial charge in [-0.3, -0.25) is 4.79 Å². The molecule has 0 aromatic heterocycles. The minimum Gasteiger partial charge on any atom is -0.351 e. The van der Waals surface area contributed by atoms with Crippen LogP contribution in [0.3, 0.4) is 0 Å². The van der Waals surface area contributed by atoms with E-state index in [1.54, 1.807) is 6.07 Å². The molecule has 0 saturated heterocycles. The van der Waals surface area contributed by atoms with Crippen LogP contribution in [0.4, 0.5) is 0 Å². The maximum absolute atomic E-state index is 12.1. The summed E-state index contributed by atoms with van der Waals surface area (Å²) in [5.41, 5.74) is 0.847. The zero-order valence-corrected chi connectivity index (χ0v) is 12.9. The molecule has 1 aliphatic rings. The van der Waals surface area contributed by atoms with Crippen LogP contribution in [-0.2, 0) is 0 Å². The smallest absolute Gasteiger partial charge is 0.252 e. The highest BCUT2D eigenvalue weighted by atomic mass is 79.9. The van der Waals surface area contributed by atoms with Crippen molar-refractivity contribution in [3.63, 3.8) is 0 Å².